The lowest BCUT2D eigenvalue weighted by molar-refractivity contribution is -0.134. The van der Waals surface area contributed by atoms with Crippen LogP contribution in [-0.2, 0) is 4.79 Å². The van der Waals surface area contributed by atoms with E-state index < -0.39 is 4.87 Å². The third-order valence-corrected chi connectivity index (χ3v) is 2.50. The van der Waals surface area contributed by atoms with E-state index in [1.165, 1.54) is 0 Å². The zero-order chi connectivity index (χ0) is 10.1. The maximum Gasteiger partial charge on any atom is 0.243 e. The van der Waals surface area contributed by atoms with Crippen LogP contribution in [0.4, 0.5) is 0 Å². The van der Waals surface area contributed by atoms with Gasteiger partial charge in [0.05, 0.1) is 0 Å². The molecule has 0 atom stereocenters. The summed E-state index contributed by atoms with van der Waals surface area (Å²) in [7, 11) is 0. The van der Waals surface area contributed by atoms with Crippen molar-refractivity contribution in [2.75, 3.05) is 13.1 Å². The summed E-state index contributed by atoms with van der Waals surface area (Å²) < 4.78 is 0. The molecule has 3 nitrogen and oxygen atoms in total. The summed E-state index contributed by atoms with van der Waals surface area (Å²) in [5.41, 5.74) is 5.74. The Morgan fingerprint density at radius 2 is 1.92 bits per heavy atom. The van der Waals surface area contributed by atoms with Crippen LogP contribution in [0.15, 0.2) is 0 Å². The molecule has 0 aliphatic carbocycles. The summed E-state index contributed by atoms with van der Waals surface area (Å²) >= 11 is 5.93. The van der Waals surface area contributed by atoms with Gasteiger partial charge in [-0.3, -0.25) is 4.79 Å². The first-order chi connectivity index (χ1) is 5.91. The second-order valence-electron chi connectivity index (χ2n) is 4.10. The van der Waals surface area contributed by atoms with Crippen LogP contribution in [0.5, 0.6) is 0 Å². The molecule has 0 bridgehead atoms. The average molecular weight is 205 g/mol. The van der Waals surface area contributed by atoms with Crippen molar-refractivity contribution in [2.24, 2.45) is 5.73 Å². The molecule has 1 fully saturated rings. The highest BCUT2D eigenvalue weighted by Gasteiger charge is 2.31. The predicted octanol–water partition coefficient (Wildman–Crippen LogP) is 0.953. The molecule has 0 radical (unpaired) electrons. The average Bonchev–Trinajstić information content (AvgIpc) is 2.03. The number of rotatable bonds is 1. The SMILES string of the molecule is CC(C)(Cl)C(=O)N1CCC(N)CC1. The highest BCUT2D eigenvalue weighted by atomic mass is 35.5. The minimum absolute atomic E-state index is 0.0149. The lowest BCUT2D eigenvalue weighted by Crippen LogP contribution is -2.48. The fourth-order valence-electron chi connectivity index (χ4n) is 1.48. The Bertz CT molecular complexity index is 192. The molecule has 0 spiro atoms. The van der Waals surface area contributed by atoms with Crippen LogP contribution in [0.25, 0.3) is 0 Å². The largest absolute Gasteiger partial charge is 0.341 e. The molecule has 0 aromatic carbocycles. The first-order valence-electron chi connectivity index (χ1n) is 4.65. The number of likely N-dealkylation sites (tertiary alicyclic amines) is 1. The summed E-state index contributed by atoms with van der Waals surface area (Å²) in [5, 5.41) is 0. The smallest absolute Gasteiger partial charge is 0.243 e. The molecule has 1 saturated heterocycles. The molecule has 0 saturated carbocycles. The van der Waals surface area contributed by atoms with E-state index in [1.807, 2.05) is 0 Å². The number of nitrogens with two attached hydrogens (primary N) is 1. The van der Waals surface area contributed by atoms with E-state index in [9.17, 15) is 4.79 Å². The quantitative estimate of drug-likeness (QED) is 0.647. The Balaban J connectivity index is 2.50. The van der Waals surface area contributed by atoms with Crippen molar-refractivity contribution in [3.8, 4) is 0 Å². The Kier molecular flexibility index (Phi) is 3.19. The van der Waals surface area contributed by atoms with Crippen molar-refractivity contribution in [1.29, 1.82) is 0 Å². The van der Waals surface area contributed by atoms with Gasteiger partial charge in [-0.1, -0.05) is 0 Å². The second kappa shape index (κ2) is 3.84. The lowest BCUT2D eigenvalue weighted by Gasteiger charge is -2.33. The van der Waals surface area contributed by atoms with Gasteiger partial charge in [-0.2, -0.15) is 0 Å². The van der Waals surface area contributed by atoms with E-state index in [4.69, 9.17) is 17.3 Å². The third-order valence-electron chi connectivity index (χ3n) is 2.34. The van der Waals surface area contributed by atoms with Gasteiger partial charge >= 0.3 is 0 Å². The van der Waals surface area contributed by atoms with Crippen LogP contribution in [0.3, 0.4) is 0 Å². The Morgan fingerprint density at radius 1 is 1.46 bits per heavy atom. The van der Waals surface area contributed by atoms with Crippen molar-refractivity contribution >= 4 is 17.5 Å². The van der Waals surface area contributed by atoms with E-state index in [-0.39, 0.29) is 11.9 Å². The van der Waals surface area contributed by atoms with Gasteiger partial charge in [-0.15, -0.1) is 11.6 Å². The first-order valence-corrected chi connectivity index (χ1v) is 5.03. The van der Waals surface area contributed by atoms with Gasteiger partial charge < -0.3 is 10.6 Å². The van der Waals surface area contributed by atoms with Crippen LogP contribution < -0.4 is 5.73 Å². The Morgan fingerprint density at radius 3 is 2.31 bits per heavy atom. The van der Waals surface area contributed by atoms with Gasteiger partial charge in [0.25, 0.3) is 0 Å². The number of hydrogen-bond donors (Lipinski definition) is 1. The minimum Gasteiger partial charge on any atom is -0.341 e. The Hall–Kier alpha value is -0.280. The molecule has 1 aliphatic heterocycles. The van der Waals surface area contributed by atoms with Crippen molar-refractivity contribution in [3.63, 3.8) is 0 Å². The summed E-state index contributed by atoms with van der Waals surface area (Å²) in [5.74, 6) is 0.0149. The Labute approximate surface area is 84.2 Å². The van der Waals surface area contributed by atoms with Crippen molar-refractivity contribution in [3.05, 3.63) is 0 Å². The molecule has 0 aromatic heterocycles. The zero-order valence-corrected chi connectivity index (χ0v) is 8.97. The van der Waals surface area contributed by atoms with E-state index in [0.29, 0.717) is 0 Å². The van der Waals surface area contributed by atoms with Gasteiger partial charge in [0.1, 0.15) is 4.87 Å². The number of nitrogens with zero attached hydrogens (tertiary/aromatic N) is 1. The second-order valence-corrected chi connectivity index (χ2v) is 5.05. The van der Waals surface area contributed by atoms with Crippen LogP contribution in [0, 0.1) is 0 Å². The monoisotopic (exact) mass is 204 g/mol. The fourth-order valence-corrected chi connectivity index (χ4v) is 1.60. The molecular weight excluding hydrogens is 188 g/mol. The molecule has 1 rings (SSSR count). The summed E-state index contributed by atoms with van der Waals surface area (Å²) in [4.78, 5) is 12.7. The first kappa shape index (κ1) is 10.8. The van der Waals surface area contributed by atoms with E-state index in [0.717, 1.165) is 25.9 Å². The number of piperidine rings is 1. The van der Waals surface area contributed by atoms with E-state index in [2.05, 4.69) is 0 Å². The molecular formula is C9H17ClN2O. The molecule has 2 N–H and O–H groups in total. The molecule has 1 amide bonds. The number of hydrogen-bond acceptors (Lipinski definition) is 2. The maximum absolute atomic E-state index is 11.7. The zero-order valence-electron chi connectivity index (χ0n) is 8.22. The summed E-state index contributed by atoms with van der Waals surface area (Å²) in [6.07, 6.45) is 1.78. The molecule has 13 heavy (non-hydrogen) atoms. The normalized spacial score (nSPS) is 20.5. The van der Waals surface area contributed by atoms with E-state index in [1.54, 1.807) is 18.7 Å². The van der Waals surface area contributed by atoms with Gasteiger partial charge in [-0.05, 0) is 26.7 Å². The molecule has 0 aromatic rings. The van der Waals surface area contributed by atoms with Gasteiger partial charge in [0, 0.05) is 19.1 Å². The van der Waals surface area contributed by atoms with Crippen molar-refractivity contribution < 1.29 is 4.79 Å². The molecule has 1 aliphatic rings. The summed E-state index contributed by atoms with van der Waals surface area (Å²) in [6, 6.07) is 0.252. The third kappa shape index (κ3) is 2.85. The van der Waals surface area contributed by atoms with Crippen molar-refractivity contribution in [1.82, 2.24) is 4.90 Å². The lowest BCUT2D eigenvalue weighted by atomic mass is 10.0. The number of amides is 1. The van der Waals surface area contributed by atoms with Gasteiger partial charge in [0.15, 0.2) is 0 Å². The number of carbonyl (C=O) groups is 1. The maximum atomic E-state index is 11.7. The highest BCUT2D eigenvalue weighted by Crippen LogP contribution is 2.19. The number of halogens is 1. The molecule has 76 valence electrons. The van der Waals surface area contributed by atoms with Crippen LogP contribution in [0.1, 0.15) is 26.7 Å². The van der Waals surface area contributed by atoms with Crippen LogP contribution in [0.2, 0.25) is 0 Å². The minimum atomic E-state index is -0.776. The molecule has 4 heteroatoms. The summed E-state index contributed by atoms with van der Waals surface area (Å²) in [6.45, 7) is 4.95. The standard InChI is InChI=1S/C9H17ClN2O/c1-9(2,10)8(13)12-5-3-7(11)4-6-12/h7H,3-6,11H2,1-2H3. The van der Waals surface area contributed by atoms with Gasteiger partial charge in [0.2, 0.25) is 5.91 Å². The molecule has 1 heterocycles. The number of carbonyl (C=O) groups excluding carboxylic acids is 1. The fraction of sp³-hybridized carbons (Fsp3) is 0.889. The highest BCUT2D eigenvalue weighted by molar-refractivity contribution is 6.34. The van der Waals surface area contributed by atoms with Crippen LogP contribution in [-0.4, -0.2) is 34.8 Å². The predicted molar refractivity (Wildman–Crippen MR) is 53.7 cm³/mol. The van der Waals surface area contributed by atoms with Crippen LogP contribution >= 0.6 is 11.6 Å². The number of alkyl halides is 1. The topological polar surface area (TPSA) is 46.3 Å². The van der Waals surface area contributed by atoms with Gasteiger partial charge in [-0.25, -0.2) is 0 Å². The van der Waals surface area contributed by atoms with E-state index >= 15 is 0 Å². The molecule has 0 unspecified atom stereocenters. The van der Waals surface area contributed by atoms with Crippen molar-refractivity contribution in [2.45, 2.75) is 37.6 Å².